The summed E-state index contributed by atoms with van der Waals surface area (Å²) in [5.41, 5.74) is 4.69. The minimum Gasteiger partial charge on any atom is -0.345 e. The van der Waals surface area contributed by atoms with Crippen LogP contribution in [0, 0.1) is 6.92 Å². The van der Waals surface area contributed by atoms with Gasteiger partial charge >= 0.3 is 0 Å². The number of nitrogens with zero attached hydrogens (tertiary/aromatic N) is 3. The van der Waals surface area contributed by atoms with E-state index in [1.54, 1.807) is 21.5 Å². The number of carbonyl (C=O) groups excluding carboxylic acids is 2. The Kier molecular flexibility index (Phi) is 4.53. The van der Waals surface area contributed by atoms with E-state index in [4.69, 9.17) is 0 Å². The number of carbonyl (C=O) groups is 2. The fraction of sp³-hybridized carbons (Fsp3) is 0.136. The fourth-order valence-corrected chi connectivity index (χ4v) is 3.27. The highest BCUT2D eigenvalue weighted by atomic mass is 16.2. The number of pyridine rings is 1. The molecule has 0 fully saturated rings. The summed E-state index contributed by atoms with van der Waals surface area (Å²) in [7, 11) is 1.84. The number of benzene rings is 1. The normalized spacial score (nSPS) is 10.9. The van der Waals surface area contributed by atoms with Crippen molar-refractivity contribution < 1.29 is 9.59 Å². The van der Waals surface area contributed by atoms with Crippen molar-refractivity contribution >= 4 is 17.2 Å². The Morgan fingerprint density at radius 1 is 1.07 bits per heavy atom. The number of aryl methyl sites for hydroxylation is 1. The van der Waals surface area contributed by atoms with Crippen LogP contribution in [0.2, 0.25) is 0 Å². The first-order valence-electron chi connectivity index (χ1n) is 9.02. The Balaban J connectivity index is 1.68. The van der Waals surface area contributed by atoms with Crippen LogP contribution in [0.3, 0.4) is 0 Å². The van der Waals surface area contributed by atoms with Gasteiger partial charge in [0, 0.05) is 42.1 Å². The second-order valence-corrected chi connectivity index (χ2v) is 6.66. The van der Waals surface area contributed by atoms with Crippen LogP contribution in [0.25, 0.3) is 16.6 Å². The summed E-state index contributed by atoms with van der Waals surface area (Å²) in [6.45, 7) is 2.18. The van der Waals surface area contributed by atoms with Crippen molar-refractivity contribution in [3.8, 4) is 11.1 Å². The van der Waals surface area contributed by atoms with E-state index in [0.29, 0.717) is 5.69 Å². The number of amides is 1. The Morgan fingerprint density at radius 2 is 1.82 bits per heavy atom. The van der Waals surface area contributed by atoms with Crippen LogP contribution >= 0.6 is 0 Å². The minimum absolute atomic E-state index is 0.258. The van der Waals surface area contributed by atoms with Gasteiger partial charge in [0.05, 0.1) is 6.20 Å². The van der Waals surface area contributed by atoms with E-state index in [0.717, 1.165) is 27.9 Å². The second kappa shape index (κ2) is 7.15. The Morgan fingerprint density at radius 3 is 2.54 bits per heavy atom. The van der Waals surface area contributed by atoms with E-state index < -0.39 is 11.7 Å². The lowest BCUT2D eigenvalue weighted by Gasteiger charge is -2.08. The molecule has 0 aliphatic heterocycles. The highest BCUT2D eigenvalue weighted by Gasteiger charge is 2.24. The molecule has 3 aromatic heterocycles. The number of Topliss-reactive ketones (excluding diaryl/α,β-unsaturated/α-hetero) is 1. The molecule has 0 saturated heterocycles. The summed E-state index contributed by atoms with van der Waals surface area (Å²) in [6.07, 6.45) is 3.50. The number of nitrogens with one attached hydrogen (secondary N) is 1. The van der Waals surface area contributed by atoms with E-state index in [-0.39, 0.29) is 6.54 Å². The molecule has 0 unspecified atom stereocenters. The molecule has 1 aromatic carbocycles. The lowest BCUT2D eigenvalue weighted by molar-refractivity contribution is -0.117. The van der Waals surface area contributed by atoms with Gasteiger partial charge in [0.25, 0.3) is 11.7 Å². The molecule has 140 valence electrons. The quantitative estimate of drug-likeness (QED) is 0.432. The molecule has 0 radical (unpaired) electrons. The maximum absolute atomic E-state index is 13.1. The second-order valence-electron chi connectivity index (χ2n) is 6.66. The van der Waals surface area contributed by atoms with Crippen LogP contribution in [0.4, 0.5) is 0 Å². The number of aromatic nitrogens is 3. The van der Waals surface area contributed by atoms with Gasteiger partial charge in [-0.3, -0.25) is 14.3 Å². The van der Waals surface area contributed by atoms with Crippen molar-refractivity contribution in [1.29, 1.82) is 0 Å². The van der Waals surface area contributed by atoms with Crippen molar-refractivity contribution in [2.24, 2.45) is 7.05 Å². The topological polar surface area (TPSA) is 68.4 Å². The first-order chi connectivity index (χ1) is 13.6. The maximum atomic E-state index is 13.1. The Labute approximate surface area is 162 Å². The zero-order valence-corrected chi connectivity index (χ0v) is 15.7. The molecule has 0 aliphatic rings. The molecule has 0 bridgehead atoms. The van der Waals surface area contributed by atoms with E-state index in [1.165, 1.54) is 0 Å². The fourth-order valence-electron chi connectivity index (χ4n) is 3.27. The van der Waals surface area contributed by atoms with Gasteiger partial charge in [-0.2, -0.15) is 5.10 Å². The standard InChI is InChI=1S/C22H20N4O2/c1-15-17(14-24-25(15)2)13-23-22(28)21(27)20-19(16-8-4-3-5-9-16)12-18-10-6-7-11-26(18)20/h3-12,14H,13H2,1-2H3,(H,23,28). The van der Waals surface area contributed by atoms with Crippen molar-refractivity contribution in [3.63, 3.8) is 0 Å². The van der Waals surface area contributed by atoms with Crippen LogP contribution in [0.1, 0.15) is 21.7 Å². The molecule has 6 heteroatoms. The van der Waals surface area contributed by atoms with Crippen LogP contribution in [-0.4, -0.2) is 25.9 Å². The third kappa shape index (κ3) is 3.09. The maximum Gasteiger partial charge on any atom is 0.294 e. The zero-order chi connectivity index (χ0) is 19.7. The van der Waals surface area contributed by atoms with E-state index in [9.17, 15) is 9.59 Å². The Hall–Kier alpha value is -3.67. The molecule has 6 nitrogen and oxygen atoms in total. The summed E-state index contributed by atoms with van der Waals surface area (Å²) in [5, 5.41) is 6.89. The van der Waals surface area contributed by atoms with Gasteiger partial charge in [-0.05, 0) is 30.7 Å². The monoisotopic (exact) mass is 372 g/mol. The Bertz CT molecular complexity index is 1170. The number of hydrogen-bond donors (Lipinski definition) is 1. The van der Waals surface area contributed by atoms with Gasteiger partial charge in [0.15, 0.2) is 0 Å². The molecule has 1 N–H and O–H groups in total. The van der Waals surface area contributed by atoms with Gasteiger partial charge in [-0.25, -0.2) is 0 Å². The number of hydrogen-bond acceptors (Lipinski definition) is 3. The average molecular weight is 372 g/mol. The lowest BCUT2D eigenvalue weighted by Crippen LogP contribution is -2.31. The van der Waals surface area contributed by atoms with E-state index in [1.807, 2.05) is 68.6 Å². The van der Waals surface area contributed by atoms with E-state index >= 15 is 0 Å². The molecule has 0 aliphatic carbocycles. The number of fused-ring (bicyclic) bond motifs is 1. The van der Waals surface area contributed by atoms with Crippen LogP contribution in [0.5, 0.6) is 0 Å². The predicted octanol–water partition coefficient (Wildman–Crippen LogP) is 3.15. The van der Waals surface area contributed by atoms with Crippen molar-refractivity contribution in [2.75, 3.05) is 0 Å². The van der Waals surface area contributed by atoms with Crippen molar-refractivity contribution in [2.45, 2.75) is 13.5 Å². The molecular weight excluding hydrogens is 352 g/mol. The molecule has 4 rings (SSSR count). The third-order valence-corrected chi connectivity index (χ3v) is 4.96. The number of ketones is 1. The molecule has 1 amide bonds. The van der Waals surface area contributed by atoms with Crippen LogP contribution < -0.4 is 5.32 Å². The zero-order valence-electron chi connectivity index (χ0n) is 15.7. The molecule has 0 saturated carbocycles. The molecule has 28 heavy (non-hydrogen) atoms. The highest BCUT2D eigenvalue weighted by molar-refractivity contribution is 6.43. The SMILES string of the molecule is Cc1c(CNC(=O)C(=O)c2c(-c3ccccc3)cc3ccccn23)cnn1C. The van der Waals surface area contributed by atoms with Crippen molar-refractivity contribution in [3.05, 3.63) is 83.9 Å². The van der Waals surface area contributed by atoms with Gasteiger partial charge < -0.3 is 9.72 Å². The van der Waals surface area contributed by atoms with Crippen LogP contribution in [-0.2, 0) is 18.4 Å². The predicted molar refractivity (Wildman–Crippen MR) is 107 cm³/mol. The summed E-state index contributed by atoms with van der Waals surface area (Å²) < 4.78 is 3.50. The van der Waals surface area contributed by atoms with Crippen molar-refractivity contribution in [1.82, 2.24) is 19.5 Å². The highest BCUT2D eigenvalue weighted by Crippen LogP contribution is 2.28. The first-order valence-corrected chi connectivity index (χ1v) is 9.02. The first kappa shape index (κ1) is 17.7. The molecule has 0 spiro atoms. The van der Waals surface area contributed by atoms with Gasteiger partial charge in [-0.1, -0.05) is 36.4 Å². The summed E-state index contributed by atoms with van der Waals surface area (Å²) >= 11 is 0. The summed E-state index contributed by atoms with van der Waals surface area (Å²) in [5.74, 6) is -1.20. The van der Waals surface area contributed by atoms with Gasteiger partial charge in [0.2, 0.25) is 0 Å². The molecule has 0 atom stereocenters. The van der Waals surface area contributed by atoms with E-state index in [2.05, 4.69) is 10.4 Å². The average Bonchev–Trinajstić information content (AvgIpc) is 3.27. The lowest BCUT2D eigenvalue weighted by atomic mass is 10.0. The summed E-state index contributed by atoms with van der Waals surface area (Å²) in [4.78, 5) is 25.7. The summed E-state index contributed by atoms with van der Waals surface area (Å²) in [6, 6.07) is 17.2. The minimum atomic E-state index is -0.635. The van der Waals surface area contributed by atoms with Gasteiger partial charge in [-0.15, -0.1) is 0 Å². The van der Waals surface area contributed by atoms with Gasteiger partial charge in [0.1, 0.15) is 5.69 Å². The number of rotatable bonds is 5. The smallest absolute Gasteiger partial charge is 0.294 e. The van der Waals surface area contributed by atoms with Crippen LogP contribution in [0.15, 0.2) is 67.0 Å². The molecule has 3 heterocycles. The largest absolute Gasteiger partial charge is 0.345 e. The third-order valence-electron chi connectivity index (χ3n) is 4.96. The molecule has 4 aromatic rings. The molecular formula is C22H20N4O2.